The van der Waals surface area contributed by atoms with E-state index in [4.69, 9.17) is 0 Å². The van der Waals surface area contributed by atoms with Crippen LogP contribution in [0.1, 0.15) is 0 Å². The number of nitrogens with zero attached hydrogens (tertiary/aromatic N) is 2. The SMILES string of the molecule is [c]1ccc2[c]ncnc2c1. The quantitative estimate of drug-likeness (QED) is 0.533. The summed E-state index contributed by atoms with van der Waals surface area (Å²) in [5, 5.41) is 0.932. The zero-order valence-corrected chi connectivity index (χ0v) is 5.20. The number of aromatic nitrogens is 2. The lowest BCUT2D eigenvalue weighted by Crippen LogP contribution is -1.78. The van der Waals surface area contributed by atoms with E-state index in [1.807, 2.05) is 18.2 Å². The van der Waals surface area contributed by atoms with Gasteiger partial charge in [-0.1, -0.05) is 6.07 Å². The molecule has 0 saturated heterocycles. The van der Waals surface area contributed by atoms with Gasteiger partial charge in [0.2, 0.25) is 0 Å². The maximum Gasteiger partial charge on any atom is 0.116 e. The Morgan fingerprint density at radius 3 is 3.30 bits per heavy atom. The molecule has 2 nitrogen and oxygen atoms in total. The van der Waals surface area contributed by atoms with E-state index in [0.717, 1.165) is 10.9 Å². The van der Waals surface area contributed by atoms with Gasteiger partial charge in [0.15, 0.2) is 0 Å². The summed E-state index contributed by atoms with van der Waals surface area (Å²) in [6, 6.07) is 8.44. The van der Waals surface area contributed by atoms with Gasteiger partial charge in [0.05, 0.1) is 5.52 Å². The Kier molecular flexibility index (Phi) is 1.10. The van der Waals surface area contributed by atoms with Crippen LogP contribution >= 0.6 is 0 Å². The zero-order chi connectivity index (χ0) is 6.81. The fourth-order valence-electron chi connectivity index (χ4n) is 0.812. The van der Waals surface area contributed by atoms with Gasteiger partial charge in [-0.15, -0.1) is 0 Å². The van der Waals surface area contributed by atoms with Crippen molar-refractivity contribution in [2.45, 2.75) is 0 Å². The number of rotatable bonds is 0. The predicted octanol–water partition coefficient (Wildman–Crippen LogP) is 1.23. The molecule has 0 unspecified atom stereocenters. The summed E-state index contributed by atoms with van der Waals surface area (Å²) in [5.74, 6) is 0. The van der Waals surface area contributed by atoms with Gasteiger partial charge < -0.3 is 0 Å². The second-order valence-electron chi connectivity index (χ2n) is 1.93. The van der Waals surface area contributed by atoms with Crippen molar-refractivity contribution < 1.29 is 0 Å². The number of hydrogen-bond donors (Lipinski definition) is 0. The molecule has 1 aromatic heterocycles. The van der Waals surface area contributed by atoms with Crippen LogP contribution in [0.4, 0.5) is 0 Å². The van der Waals surface area contributed by atoms with E-state index in [1.54, 1.807) is 0 Å². The molecule has 0 atom stereocenters. The molecule has 0 amide bonds. The van der Waals surface area contributed by atoms with Crippen molar-refractivity contribution >= 4 is 10.9 Å². The van der Waals surface area contributed by atoms with E-state index < -0.39 is 0 Å². The summed E-state index contributed by atoms with van der Waals surface area (Å²) >= 11 is 0. The van der Waals surface area contributed by atoms with E-state index >= 15 is 0 Å². The van der Waals surface area contributed by atoms with Crippen molar-refractivity contribution in [1.82, 2.24) is 9.97 Å². The van der Waals surface area contributed by atoms with Gasteiger partial charge in [-0.05, 0) is 18.2 Å². The summed E-state index contributed by atoms with van der Waals surface area (Å²) in [4.78, 5) is 7.77. The molecular weight excluding hydrogens is 124 g/mol. The van der Waals surface area contributed by atoms with Crippen molar-refractivity contribution in [3.05, 3.63) is 36.8 Å². The summed E-state index contributed by atoms with van der Waals surface area (Å²) in [5.41, 5.74) is 0.887. The molecule has 0 saturated carbocycles. The highest BCUT2D eigenvalue weighted by atomic mass is 14.8. The highest BCUT2D eigenvalue weighted by Crippen LogP contribution is 2.05. The Bertz CT molecular complexity index is 278. The molecule has 0 spiro atoms. The Morgan fingerprint density at radius 2 is 2.40 bits per heavy atom. The van der Waals surface area contributed by atoms with E-state index in [-0.39, 0.29) is 0 Å². The van der Waals surface area contributed by atoms with Gasteiger partial charge in [-0.25, -0.2) is 9.97 Å². The maximum atomic E-state index is 4.01. The Balaban J connectivity index is 2.89. The van der Waals surface area contributed by atoms with Crippen molar-refractivity contribution in [2.75, 3.05) is 0 Å². The lowest BCUT2D eigenvalue weighted by atomic mass is 10.2. The molecule has 46 valence electrons. The monoisotopic (exact) mass is 128 g/mol. The summed E-state index contributed by atoms with van der Waals surface area (Å²) in [6.07, 6.45) is 4.30. The first-order valence-electron chi connectivity index (χ1n) is 2.95. The lowest BCUT2D eigenvalue weighted by molar-refractivity contribution is 1.21. The van der Waals surface area contributed by atoms with Gasteiger partial charge in [-0.3, -0.25) is 0 Å². The van der Waals surface area contributed by atoms with Crippen molar-refractivity contribution in [3.8, 4) is 0 Å². The fraction of sp³-hybridized carbons (Fsp3) is 0. The molecule has 0 N–H and O–H groups in total. The van der Waals surface area contributed by atoms with Crippen molar-refractivity contribution in [3.63, 3.8) is 0 Å². The van der Waals surface area contributed by atoms with Gasteiger partial charge in [0.1, 0.15) is 12.5 Å². The van der Waals surface area contributed by atoms with Gasteiger partial charge >= 0.3 is 0 Å². The highest BCUT2D eigenvalue weighted by Gasteiger charge is 1.88. The molecular formula is C8H4N2. The Hall–Kier alpha value is -1.44. The van der Waals surface area contributed by atoms with Crippen LogP contribution in [0.3, 0.4) is 0 Å². The van der Waals surface area contributed by atoms with Crippen molar-refractivity contribution in [2.24, 2.45) is 0 Å². The Labute approximate surface area is 58.6 Å². The van der Waals surface area contributed by atoms with Crippen LogP contribution in [0.15, 0.2) is 24.5 Å². The third-order valence-electron chi connectivity index (χ3n) is 1.28. The van der Waals surface area contributed by atoms with E-state index in [2.05, 4.69) is 22.2 Å². The van der Waals surface area contributed by atoms with E-state index in [9.17, 15) is 0 Å². The molecule has 10 heavy (non-hydrogen) atoms. The van der Waals surface area contributed by atoms with Crippen LogP contribution < -0.4 is 0 Å². The summed E-state index contributed by atoms with van der Waals surface area (Å²) in [7, 11) is 0. The molecule has 0 fully saturated rings. The molecule has 1 heterocycles. The standard InChI is InChI=1S/C8H4N2/c1-2-4-8-7(3-1)5-9-6-10-8/h1,3-4,6H. The molecule has 0 aliphatic heterocycles. The maximum absolute atomic E-state index is 4.01. The van der Waals surface area contributed by atoms with Gasteiger partial charge in [0, 0.05) is 5.39 Å². The molecule has 2 rings (SSSR count). The number of benzene rings is 1. The minimum Gasteiger partial charge on any atom is -0.236 e. The summed E-state index contributed by atoms with van der Waals surface area (Å²) in [6.45, 7) is 0. The molecule has 2 radical (unpaired) electrons. The normalized spacial score (nSPS) is 10.0. The average Bonchev–Trinajstić information content (AvgIpc) is 2.05. The second kappa shape index (κ2) is 2.06. The predicted molar refractivity (Wildman–Crippen MR) is 37.2 cm³/mol. The number of fused-ring (bicyclic) bond motifs is 1. The first kappa shape index (κ1) is 5.35. The third-order valence-corrected chi connectivity index (χ3v) is 1.28. The van der Waals surface area contributed by atoms with Crippen LogP contribution in [0.2, 0.25) is 0 Å². The highest BCUT2D eigenvalue weighted by molar-refractivity contribution is 5.75. The van der Waals surface area contributed by atoms with Crippen LogP contribution in [-0.4, -0.2) is 9.97 Å². The average molecular weight is 128 g/mol. The number of hydrogen-bond acceptors (Lipinski definition) is 2. The van der Waals surface area contributed by atoms with Crippen LogP contribution in [0, 0.1) is 12.3 Å². The molecule has 2 heteroatoms. The first-order valence-corrected chi connectivity index (χ1v) is 2.95. The molecule has 0 bridgehead atoms. The zero-order valence-electron chi connectivity index (χ0n) is 5.20. The van der Waals surface area contributed by atoms with Gasteiger partial charge in [-0.2, -0.15) is 0 Å². The molecule has 1 aromatic carbocycles. The summed E-state index contributed by atoms with van der Waals surface area (Å²) < 4.78 is 0. The molecule has 0 aliphatic carbocycles. The first-order chi connectivity index (χ1) is 4.97. The second-order valence-corrected chi connectivity index (χ2v) is 1.93. The third kappa shape index (κ3) is 0.739. The molecule has 2 aromatic rings. The minimum absolute atomic E-state index is 0.887. The fourth-order valence-corrected chi connectivity index (χ4v) is 0.812. The topological polar surface area (TPSA) is 25.8 Å². The van der Waals surface area contributed by atoms with Crippen LogP contribution in [0.5, 0.6) is 0 Å². The van der Waals surface area contributed by atoms with E-state index in [1.165, 1.54) is 6.33 Å². The smallest absolute Gasteiger partial charge is 0.116 e. The van der Waals surface area contributed by atoms with Crippen LogP contribution in [0.25, 0.3) is 10.9 Å². The van der Waals surface area contributed by atoms with E-state index in [0.29, 0.717) is 0 Å². The minimum atomic E-state index is 0.887. The largest absolute Gasteiger partial charge is 0.236 e. The molecule has 0 aliphatic rings. The van der Waals surface area contributed by atoms with Crippen molar-refractivity contribution in [1.29, 1.82) is 0 Å². The lowest BCUT2D eigenvalue weighted by Gasteiger charge is -1.89. The van der Waals surface area contributed by atoms with Gasteiger partial charge in [0.25, 0.3) is 0 Å². The Morgan fingerprint density at radius 1 is 1.40 bits per heavy atom. The van der Waals surface area contributed by atoms with Crippen LogP contribution in [-0.2, 0) is 0 Å².